The standard InChI is InChI=1S/C12H11BrF3NO/c13-7-2-1-3-17(6-7)12(18)11-9(15)4-8(14)5-10(11)16/h4-5,7H,1-3,6H2. The zero-order chi connectivity index (χ0) is 13.3. The molecule has 1 fully saturated rings. The molecule has 2 nitrogen and oxygen atoms in total. The number of benzene rings is 1. The number of hydrogen-bond acceptors (Lipinski definition) is 1. The number of alkyl halides is 1. The van der Waals surface area contributed by atoms with Gasteiger partial charge in [-0.3, -0.25) is 4.79 Å². The van der Waals surface area contributed by atoms with Crippen molar-refractivity contribution in [1.82, 2.24) is 4.90 Å². The summed E-state index contributed by atoms with van der Waals surface area (Å²) in [5.74, 6) is -4.07. The highest BCUT2D eigenvalue weighted by atomic mass is 79.9. The van der Waals surface area contributed by atoms with Gasteiger partial charge in [-0.05, 0) is 12.8 Å². The van der Waals surface area contributed by atoms with E-state index in [1.165, 1.54) is 4.90 Å². The molecule has 0 radical (unpaired) electrons. The van der Waals surface area contributed by atoms with Gasteiger partial charge in [-0.25, -0.2) is 13.2 Å². The molecule has 1 aromatic carbocycles. The van der Waals surface area contributed by atoms with E-state index in [0.717, 1.165) is 12.8 Å². The smallest absolute Gasteiger partial charge is 0.259 e. The number of likely N-dealkylation sites (tertiary alicyclic amines) is 1. The molecule has 18 heavy (non-hydrogen) atoms. The number of nitrogens with zero attached hydrogens (tertiary/aromatic N) is 1. The summed E-state index contributed by atoms with van der Waals surface area (Å²) in [6.45, 7) is 0.853. The molecule has 1 atom stereocenters. The summed E-state index contributed by atoms with van der Waals surface area (Å²) in [5, 5.41) is 0. The first-order chi connectivity index (χ1) is 8.49. The molecule has 0 saturated carbocycles. The molecule has 1 heterocycles. The van der Waals surface area contributed by atoms with Crippen LogP contribution in [0.3, 0.4) is 0 Å². The predicted octanol–water partition coefficient (Wildman–Crippen LogP) is 3.10. The molecule has 0 N–H and O–H groups in total. The minimum Gasteiger partial charge on any atom is -0.337 e. The largest absolute Gasteiger partial charge is 0.337 e. The van der Waals surface area contributed by atoms with Gasteiger partial charge in [-0.1, -0.05) is 15.9 Å². The van der Waals surface area contributed by atoms with Crippen molar-refractivity contribution in [2.24, 2.45) is 0 Å². The normalized spacial score (nSPS) is 20.0. The Morgan fingerprint density at radius 1 is 1.28 bits per heavy atom. The first kappa shape index (κ1) is 13.4. The van der Waals surface area contributed by atoms with Crippen LogP contribution in [0.4, 0.5) is 13.2 Å². The highest BCUT2D eigenvalue weighted by Gasteiger charge is 2.27. The summed E-state index contributed by atoms with van der Waals surface area (Å²) in [4.78, 5) is 13.5. The van der Waals surface area contributed by atoms with Crippen molar-refractivity contribution in [3.8, 4) is 0 Å². The summed E-state index contributed by atoms with van der Waals surface area (Å²) >= 11 is 3.38. The van der Waals surface area contributed by atoms with Crippen molar-refractivity contribution in [2.75, 3.05) is 13.1 Å². The number of carbonyl (C=O) groups excluding carboxylic acids is 1. The molecule has 1 unspecified atom stereocenters. The van der Waals surface area contributed by atoms with Gasteiger partial charge in [-0.2, -0.15) is 0 Å². The van der Waals surface area contributed by atoms with E-state index in [1.54, 1.807) is 0 Å². The zero-order valence-electron chi connectivity index (χ0n) is 9.43. The summed E-state index contributed by atoms with van der Waals surface area (Å²) in [7, 11) is 0. The van der Waals surface area contributed by atoms with E-state index >= 15 is 0 Å². The van der Waals surface area contributed by atoms with Crippen LogP contribution in [0.15, 0.2) is 12.1 Å². The van der Waals surface area contributed by atoms with Crippen LogP contribution in [0.1, 0.15) is 23.2 Å². The topological polar surface area (TPSA) is 20.3 Å². The quantitative estimate of drug-likeness (QED) is 0.728. The van der Waals surface area contributed by atoms with Crippen LogP contribution in [0.5, 0.6) is 0 Å². The molecule has 0 bridgehead atoms. The van der Waals surface area contributed by atoms with E-state index in [1.807, 2.05) is 0 Å². The fraction of sp³-hybridized carbons (Fsp3) is 0.417. The molecule has 0 aromatic heterocycles. The fourth-order valence-electron chi connectivity index (χ4n) is 2.01. The Labute approximate surface area is 111 Å². The van der Waals surface area contributed by atoms with Gasteiger partial charge in [0, 0.05) is 30.0 Å². The molecule has 0 spiro atoms. The summed E-state index contributed by atoms with van der Waals surface area (Å²) in [5.41, 5.74) is -0.682. The molecule has 1 aliphatic heterocycles. The first-order valence-electron chi connectivity index (χ1n) is 5.57. The van der Waals surface area contributed by atoms with Crippen LogP contribution >= 0.6 is 15.9 Å². The summed E-state index contributed by atoms with van der Waals surface area (Å²) < 4.78 is 39.7. The number of rotatable bonds is 1. The Morgan fingerprint density at radius 3 is 2.44 bits per heavy atom. The van der Waals surface area contributed by atoms with Crippen molar-refractivity contribution in [1.29, 1.82) is 0 Å². The number of amides is 1. The van der Waals surface area contributed by atoms with Crippen LogP contribution in [0, 0.1) is 17.5 Å². The van der Waals surface area contributed by atoms with Crippen molar-refractivity contribution in [3.05, 3.63) is 35.1 Å². The highest BCUT2D eigenvalue weighted by Crippen LogP contribution is 2.22. The van der Waals surface area contributed by atoms with Gasteiger partial charge in [0.1, 0.15) is 23.0 Å². The molecular weight excluding hydrogens is 311 g/mol. The third kappa shape index (κ3) is 2.68. The second-order valence-corrected chi connectivity index (χ2v) is 5.53. The molecular formula is C12H11BrF3NO. The van der Waals surface area contributed by atoms with Gasteiger partial charge < -0.3 is 4.90 Å². The molecule has 1 amide bonds. The lowest BCUT2D eigenvalue weighted by molar-refractivity contribution is 0.0720. The first-order valence-corrected chi connectivity index (χ1v) is 6.48. The van der Waals surface area contributed by atoms with Crippen molar-refractivity contribution in [3.63, 3.8) is 0 Å². The van der Waals surface area contributed by atoms with Crippen LogP contribution < -0.4 is 0 Å². The second kappa shape index (κ2) is 5.30. The molecule has 1 saturated heterocycles. The third-order valence-corrected chi connectivity index (χ3v) is 3.62. The van der Waals surface area contributed by atoms with Crippen molar-refractivity contribution >= 4 is 21.8 Å². The van der Waals surface area contributed by atoms with Crippen molar-refractivity contribution in [2.45, 2.75) is 17.7 Å². The lowest BCUT2D eigenvalue weighted by Crippen LogP contribution is -2.41. The minimum absolute atomic E-state index is 0.127. The summed E-state index contributed by atoms with van der Waals surface area (Å²) in [6.07, 6.45) is 1.68. The molecule has 6 heteroatoms. The monoisotopic (exact) mass is 321 g/mol. The van der Waals surface area contributed by atoms with E-state index in [2.05, 4.69) is 15.9 Å². The Bertz CT molecular complexity index is 457. The average Bonchev–Trinajstić information content (AvgIpc) is 2.27. The Balaban J connectivity index is 2.28. The molecule has 0 aliphatic carbocycles. The molecule has 1 aromatic rings. The van der Waals surface area contributed by atoms with Crippen LogP contribution in [-0.4, -0.2) is 28.7 Å². The number of piperidine rings is 1. The van der Waals surface area contributed by atoms with Gasteiger partial charge in [0.05, 0.1) is 0 Å². The van der Waals surface area contributed by atoms with Crippen LogP contribution in [0.2, 0.25) is 0 Å². The summed E-state index contributed by atoms with van der Waals surface area (Å²) in [6, 6.07) is 1.04. The lowest BCUT2D eigenvalue weighted by Gasteiger charge is -2.30. The van der Waals surface area contributed by atoms with E-state index in [-0.39, 0.29) is 4.83 Å². The number of carbonyl (C=O) groups is 1. The Kier molecular flexibility index (Phi) is 3.94. The third-order valence-electron chi connectivity index (χ3n) is 2.87. The molecule has 98 valence electrons. The van der Waals surface area contributed by atoms with Crippen molar-refractivity contribution < 1.29 is 18.0 Å². The maximum atomic E-state index is 13.5. The predicted molar refractivity (Wildman–Crippen MR) is 64.2 cm³/mol. The van der Waals surface area contributed by atoms with Gasteiger partial charge in [-0.15, -0.1) is 0 Å². The zero-order valence-corrected chi connectivity index (χ0v) is 11.0. The number of halogens is 4. The SMILES string of the molecule is O=C(c1c(F)cc(F)cc1F)N1CCCC(Br)C1. The van der Waals surface area contributed by atoms with E-state index in [9.17, 15) is 18.0 Å². The van der Waals surface area contributed by atoms with E-state index in [4.69, 9.17) is 0 Å². The highest BCUT2D eigenvalue weighted by molar-refractivity contribution is 9.09. The fourth-order valence-corrected chi connectivity index (χ4v) is 2.69. The van der Waals surface area contributed by atoms with Gasteiger partial charge in [0.25, 0.3) is 5.91 Å². The average molecular weight is 322 g/mol. The lowest BCUT2D eigenvalue weighted by atomic mass is 10.1. The second-order valence-electron chi connectivity index (χ2n) is 4.24. The maximum Gasteiger partial charge on any atom is 0.259 e. The maximum absolute atomic E-state index is 13.5. The van der Waals surface area contributed by atoms with E-state index < -0.39 is 28.9 Å². The van der Waals surface area contributed by atoms with Gasteiger partial charge >= 0.3 is 0 Å². The molecule has 2 rings (SSSR count). The van der Waals surface area contributed by atoms with E-state index in [0.29, 0.717) is 25.2 Å². The minimum atomic E-state index is -1.16. The Hall–Kier alpha value is -1.04. The van der Waals surface area contributed by atoms with Gasteiger partial charge in [0.2, 0.25) is 0 Å². The Morgan fingerprint density at radius 2 is 1.89 bits per heavy atom. The van der Waals surface area contributed by atoms with Crippen LogP contribution in [0.25, 0.3) is 0 Å². The van der Waals surface area contributed by atoms with Crippen LogP contribution in [-0.2, 0) is 0 Å². The number of hydrogen-bond donors (Lipinski definition) is 0. The molecule has 1 aliphatic rings. The van der Waals surface area contributed by atoms with Gasteiger partial charge in [0.15, 0.2) is 0 Å².